The summed E-state index contributed by atoms with van der Waals surface area (Å²) < 4.78 is 10.6. The van der Waals surface area contributed by atoms with Crippen LogP contribution in [0, 0.1) is 0 Å². The molecule has 1 aromatic heterocycles. The zero-order valence-corrected chi connectivity index (χ0v) is 21.8. The van der Waals surface area contributed by atoms with Crippen LogP contribution in [0.4, 0.5) is 28.8 Å². The minimum absolute atomic E-state index is 0.178. The molecular formula is C26H32N6O3S. The first-order chi connectivity index (χ1) is 17.5. The van der Waals surface area contributed by atoms with Gasteiger partial charge in [0.1, 0.15) is 18.2 Å². The molecular weight excluding hydrogens is 476 g/mol. The molecule has 10 heteroatoms. The number of hydrogen-bond acceptors (Lipinski definition) is 9. The van der Waals surface area contributed by atoms with Crippen LogP contribution in [0.1, 0.15) is 0 Å². The number of nitrogens with one attached hydrogen (secondary N) is 3. The van der Waals surface area contributed by atoms with E-state index in [0.29, 0.717) is 37.2 Å². The highest BCUT2D eigenvalue weighted by molar-refractivity contribution is 7.98. The maximum absolute atomic E-state index is 12.2. The predicted molar refractivity (Wildman–Crippen MR) is 147 cm³/mol. The molecule has 190 valence electrons. The fourth-order valence-electron chi connectivity index (χ4n) is 3.04. The van der Waals surface area contributed by atoms with Gasteiger partial charge in [-0.1, -0.05) is 12.1 Å². The number of anilines is 5. The number of carbonyl (C=O) groups is 1. The summed E-state index contributed by atoms with van der Waals surface area (Å²) in [6, 6.07) is 15.1. The Morgan fingerprint density at radius 3 is 2.56 bits per heavy atom. The van der Waals surface area contributed by atoms with Gasteiger partial charge in [0, 0.05) is 43.0 Å². The molecule has 0 fully saturated rings. The van der Waals surface area contributed by atoms with E-state index >= 15 is 0 Å². The van der Waals surface area contributed by atoms with Crippen LogP contribution in [0.15, 0.2) is 71.8 Å². The topological polar surface area (TPSA) is 101 Å². The third-order valence-corrected chi connectivity index (χ3v) is 5.51. The summed E-state index contributed by atoms with van der Waals surface area (Å²) in [5.74, 6) is 1.70. The normalized spacial score (nSPS) is 11.0. The summed E-state index contributed by atoms with van der Waals surface area (Å²) in [4.78, 5) is 24.1. The largest absolute Gasteiger partial charge is 0.491 e. The van der Waals surface area contributed by atoms with Crippen molar-refractivity contribution in [1.29, 1.82) is 0 Å². The maximum atomic E-state index is 12.2. The van der Waals surface area contributed by atoms with Gasteiger partial charge in [0.25, 0.3) is 0 Å². The van der Waals surface area contributed by atoms with Gasteiger partial charge in [-0.15, -0.1) is 11.8 Å². The van der Waals surface area contributed by atoms with Crippen LogP contribution < -0.4 is 20.7 Å². The molecule has 36 heavy (non-hydrogen) atoms. The van der Waals surface area contributed by atoms with Crippen molar-refractivity contribution in [2.75, 3.05) is 63.2 Å². The van der Waals surface area contributed by atoms with Gasteiger partial charge in [-0.3, -0.25) is 4.79 Å². The average Bonchev–Trinajstić information content (AvgIpc) is 2.85. The molecule has 0 bridgehead atoms. The van der Waals surface area contributed by atoms with Gasteiger partial charge < -0.3 is 30.3 Å². The number of methoxy groups -OCH3 is 1. The Labute approximate surface area is 216 Å². The van der Waals surface area contributed by atoms with E-state index in [0.717, 1.165) is 22.0 Å². The van der Waals surface area contributed by atoms with Gasteiger partial charge in [-0.2, -0.15) is 4.98 Å². The van der Waals surface area contributed by atoms with E-state index in [9.17, 15) is 4.79 Å². The average molecular weight is 509 g/mol. The van der Waals surface area contributed by atoms with E-state index in [2.05, 4.69) is 25.9 Å². The van der Waals surface area contributed by atoms with Crippen LogP contribution in [0.3, 0.4) is 0 Å². The second-order valence-corrected chi connectivity index (χ2v) is 8.81. The van der Waals surface area contributed by atoms with E-state index in [-0.39, 0.29) is 5.91 Å². The fraction of sp³-hybridized carbons (Fsp3) is 0.269. The number of ether oxygens (including phenoxy) is 2. The Kier molecular flexibility index (Phi) is 10.6. The molecule has 0 aliphatic heterocycles. The SMILES string of the molecule is COCCOc1ccc(Nc2ncc(SC)c(Nc3cccc(NC(=O)C=CCN(C)C)c3)n2)cc1. The molecule has 0 saturated carbocycles. The van der Waals surface area contributed by atoms with E-state index in [1.807, 2.05) is 79.9 Å². The number of rotatable bonds is 13. The van der Waals surface area contributed by atoms with Crippen molar-refractivity contribution in [2.24, 2.45) is 0 Å². The first-order valence-electron chi connectivity index (χ1n) is 11.4. The molecule has 9 nitrogen and oxygen atoms in total. The van der Waals surface area contributed by atoms with E-state index in [1.165, 1.54) is 6.08 Å². The van der Waals surface area contributed by atoms with Crippen molar-refractivity contribution in [3.63, 3.8) is 0 Å². The van der Waals surface area contributed by atoms with Gasteiger partial charge in [0.2, 0.25) is 11.9 Å². The standard InChI is InChI=1S/C26H32N6O3S/c1-32(2)14-6-9-24(33)28-20-7-5-8-21(17-20)29-25-23(36-4)18-27-26(31-25)30-19-10-12-22(13-11-19)35-16-15-34-3/h5-13,17-18H,14-16H2,1-4H3,(H,28,33)(H2,27,29,30,31). The number of amides is 1. The Bertz CT molecular complexity index is 1150. The van der Waals surface area contributed by atoms with E-state index < -0.39 is 0 Å². The Morgan fingerprint density at radius 2 is 1.83 bits per heavy atom. The van der Waals surface area contributed by atoms with Crippen LogP contribution >= 0.6 is 11.8 Å². The van der Waals surface area contributed by atoms with Crippen molar-refractivity contribution in [3.05, 3.63) is 66.9 Å². The molecule has 0 saturated heterocycles. The lowest BCUT2D eigenvalue weighted by Gasteiger charge is -2.13. The number of likely N-dealkylation sites (N-methyl/N-ethyl adjacent to an activating group) is 1. The highest BCUT2D eigenvalue weighted by Crippen LogP contribution is 2.28. The first-order valence-corrected chi connectivity index (χ1v) is 12.6. The smallest absolute Gasteiger partial charge is 0.248 e. The first kappa shape index (κ1) is 27.0. The molecule has 0 atom stereocenters. The molecule has 2 aromatic carbocycles. The molecule has 0 aliphatic rings. The molecule has 3 rings (SSSR count). The van der Waals surface area contributed by atoms with Crippen LogP contribution in [0.25, 0.3) is 0 Å². The molecule has 3 N–H and O–H groups in total. The second-order valence-electron chi connectivity index (χ2n) is 7.96. The number of nitrogens with zero attached hydrogens (tertiary/aromatic N) is 3. The van der Waals surface area contributed by atoms with Gasteiger partial charge in [-0.25, -0.2) is 4.98 Å². The monoisotopic (exact) mass is 508 g/mol. The van der Waals surface area contributed by atoms with Crippen molar-refractivity contribution in [2.45, 2.75) is 4.90 Å². The number of thioether (sulfide) groups is 1. The summed E-state index contributed by atoms with van der Waals surface area (Å²) >= 11 is 1.54. The van der Waals surface area contributed by atoms with Gasteiger partial charge in [-0.05, 0) is 62.8 Å². The van der Waals surface area contributed by atoms with Crippen molar-refractivity contribution >= 4 is 46.5 Å². The van der Waals surface area contributed by atoms with Crippen LogP contribution in [0.2, 0.25) is 0 Å². The fourth-order valence-corrected chi connectivity index (χ4v) is 3.49. The predicted octanol–water partition coefficient (Wildman–Crippen LogP) is 4.77. The molecule has 0 radical (unpaired) electrons. The number of aromatic nitrogens is 2. The van der Waals surface area contributed by atoms with Crippen molar-refractivity contribution in [1.82, 2.24) is 14.9 Å². The van der Waals surface area contributed by atoms with Crippen LogP contribution in [-0.4, -0.2) is 68.0 Å². The van der Waals surface area contributed by atoms with E-state index in [1.54, 1.807) is 25.1 Å². The maximum Gasteiger partial charge on any atom is 0.248 e. The van der Waals surface area contributed by atoms with Crippen LogP contribution in [-0.2, 0) is 9.53 Å². The highest BCUT2D eigenvalue weighted by atomic mass is 32.2. The summed E-state index contributed by atoms with van der Waals surface area (Å²) in [7, 11) is 5.54. The molecule has 0 aliphatic carbocycles. The third-order valence-electron chi connectivity index (χ3n) is 4.77. The van der Waals surface area contributed by atoms with Gasteiger partial charge in [0.05, 0.1) is 11.5 Å². The van der Waals surface area contributed by atoms with Crippen molar-refractivity contribution in [3.8, 4) is 5.75 Å². The number of benzene rings is 2. The van der Waals surface area contributed by atoms with Gasteiger partial charge >= 0.3 is 0 Å². The molecule has 1 amide bonds. The quantitative estimate of drug-likeness (QED) is 0.171. The molecule has 1 heterocycles. The summed E-state index contributed by atoms with van der Waals surface area (Å²) in [6.45, 7) is 1.73. The zero-order valence-electron chi connectivity index (χ0n) is 20.9. The van der Waals surface area contributed by atoms with Crippen LogP contribution in [0.5, 0.6) is 5.75 Å². The molecule has 0 unspecified atom stereocenters. The lowest BCUT2D eigenvalue weighted by Crippen LogP contribution is -2.13. The third kappa shape index (κ3) is 8.88. The lowest BCUT2D eigenvalue weighted by atomic mass is 10.2. The molecule has 0 spiro atoms. The number of hydrogen-bond donors (Lipinski definition) is 3. The Balaban J connectivity index is 1.67. The number of carbonyl (C=O) groups excluding carboxylic acids is 1. The minimum atomic E-state index is -0.178. The second kappa shape index (κ2) is 14.1. The summed E-state index contributed by atoms with van der Waals surface area (Å²) in [5, 5.41) is 9.44. The summed E-state index contributed by atoms with van der Waals surface area (Å²) in [5.41, 5.74) is 2.32. The lowest BCUT2D eigenvalue weighted by molar-refractivity contribution is -0.111. The zero-order chi connectivity index (χ0) is 25.8. The Hall–Kier alpha value is -3.60. The summed E-state index contributed by atoms with van der Waals surface area (Å²) in [6.07, 6.45) is 7.09. The van der Waals surface area contributed by atoms with E-state index in [4.69, 9.17) is 9.47 Å². The highest BCUT2D eigenvalue weighted by Gasteiger charge is 2.09. The molecule has 3 aromatic rings. The van der Waals surface area contributed by atoms with Crippen molar-refractivity contribution < 1.29 is 14.3 Å². The van der Waals surface area contributed by atoms with Gasteiger partial charge in [0.15, 0.2) is 0 Å². The Morgan fingerprint density at radius 1 is 1.06 bits per heavy atom. The minimum Gasteiger partial charge on any atom is -0.491 e.